The molecule has 0 unspecified atom stereocenters. The molecule has 32 heavy (non-hydrogen) atoms. The second-order valence-electron chi connectivity index (χ2n) is 6.36. The Morgan fingerprint density at radius 1 is 1.12 bits per heavy atom. The smallest absolute Gasteiger partial charge is 0.436 e. The molecule has 0 atom stereocenters. The van der Waals surface area contributed by atoms with Crippen molar-refractivity contribution < 1.29 is 36.7 Å². The molecule has 1 aromatic carbocycles. The molecule has 0 radical (unpaired) electrons. The second-order valence-corrected chi connectivity index (χ2v) is 6.36. The minimum absolute atomic E-state index is 0.00134. The molecule has 2 aromatic heterocycles. The molecule has 3 rings (SSSR count). The number of benzene rings is 1. The van der Waals surface area contributed by atoms with Crippen molar-refractivity contribution in [3.05, 3.63) is 53.5 Å². The molecular formula is C21H18F3N3O5. The zero-order valence-electron chi connectivity index (χ0n) is 17.5. The summed E-state index contributed by atoms with van der Waals surface area (Å²) in [5.74, 6) is -0.136. The molecule has 2 heterocycles. The van der Waals surface area contributed by atoms with Gasteiger partial charge in [0.15, 0.2) is 11.5 Å². The van der Waals surface area contributed by atoms with Crippen molar-refractivity contribution in [1.29, 1.82) is 0 Å². The van der Waals surface area contributed by atoms with Crippen molar-refractivity contribution in [2.75, 3.05) is 14.2 Å². The molecule has 0 spiro atoms. The molecule has 0 saturated carbocycles. The van der Waals surface area contributed by atoms with E-state index >= 15 is 0 Å². The Bertz CT molecular complexity index is 1170. The van der Waals surface area contributed by atoms with Gasteiger partial charge in [0.05, 0.1) is 19.8 Å². The van der Waals surface area contributed by atoms with Crippen LogP contribution >= 0.6 is 0 Å². The maximum absolute atomic E-state index is 12.8. The van der Waals surface area contributed by atoms with Crippen LogP contribution in [0.4, 0.5) is 13.2 Å². The Kier molecular flexibility index (Phi) is 6.47. The first kappa shape index (κ1) is 22.8. The van der Waals surface area contributed by atoms with Crippen LogP contribution in [-0.4, -0.2) is 35.3 Å². The van der Waals surface area contributed by atoms with Gasteiger partial charge in [0, 0.05) is 11.6 Å². The van der Waals surface area contributed by atoms with Crippen molar-refractivity contribution in [3.63, 3.8) is 0 Å². The van der Waals surface area contributed by atoms with Gasteiger partial charge in [-0.15, -0.1) is 0 Å². The molecule has 3 aromatic rings. The van der Waals surface area contributed by atoms with E-state index in [1.165, 1.54) is 32.4 Å². The molecule has 0 N–H and O–H groups in total. The van der Waals surface area contributed by atoms with Crippen LogP contribution in [0.5, 0.6) is 17.5 Å². The summed E-state index contributed by atoms with van der Waals surface area (Å²) in [5, 5.41) is 3.05. The van der Waals surface area contributed by atoms with E-state index in [0.717, 1.165) is 6.07 Å². The Balaban J connectivity index is 2.04. The zero-order chi connectivity index (χ0) is 23.5. The van der Waals surface area contributed by atoms with E-state index in [4.69, 9.17) is 18.7 Å². The van der Waals surface area contributed by atoms with Crippen molar-refractivity contribution in [2.24, 2.45) is 0 Å². The molecule has 0 fully saturated rings. The van der Waals surface area contributed by atoms with E-state index < -0.39 is 17.8 Å². The SMILES string of the molecule is CC=C(C(=O)OC)c1c(OC)nc(C)nc1Oc1cccc(-c2cc(C(F)(F)F)no2)c1. The highest BCUT2D eigenvalue weighted by molar-refractivity contribution is 6.17. The van der Waals surface area contributed by atoms with Crippen LogP contribution in [0.2, 0.25) is 0 Å². The minimum atomic E-state index is -4.63. The first-order chi connectivity index (χ1) is 15.2. The third-order valence-electron chi connectivity index (χ3n) is 4.24. The van der Waals surface area contributed by atoms with Gasteiger partial charge < -0.3 is 18.7 Å². The van der Waals surface area contributed by atoms with E-state index in [9.17, 15) is 18.0 Å². The lowest BCUT2D eigenvalue weighted by Crippen LogP contribution is -2.09. The monoisotopic (exact) mass is 449 g/mol. The number of esters is 1. The van der Waals surface area contributed by atoms with Crippen LogP contribution in [0, 0.1) is 6.92 Å². The van der Waals surface area contributed by atoms with Gasteiger partial charge in [-0.25, -0.2) is 4.79 Å². The number of methoxy groups -OCH3 is 2. The number of alkyl halides is 3. The molecule has 8 nitrogen and oxygen atoms in total. The number of hydrogen-bond acceptors (Lipinski definition) is 8. The number of carbonyl (C=O) groups excluding carboxylic acids is 1. The molecule has 0 aliphatic heterocycles. The summed E-state index contributed by atoms with van der Waals surface area (Å²) < 4.78 is 59.3. The van der Waals surface area contributed by atoms with Crippen LogP contribution in [0.15, 0.2) is 40.9 Å². The van der Waals surface area contributed by atoms with Crippen molar-refractivity contribution in [2.45, 2.75) is 20.0 Å². The normalized spacial score (nSPS) is 11.9. The van der Waals surface area contributed by atoms with Gasteiger partial charge in [0.25, 0.3) is 0 Å². The van der Waals surface area contributed by atoms with Gasteiger partial charge in [-0.1, -0.05) is 23.4 Å². The number of allylic oxidation sites excluding steroid dienone is 1. The number of aromatic nitrogens is 3. The Morgan fingerprint density at radius 2 is 1.84 bits per heavy atom. The first-order valence-electron chi connectivity index (χ1n) is 9.17. The fourth-order valence-corrected chi connectivity index (χ4v) is 2.82. The third-order valence-corrected chi connectivity index (χ3v) is 4.24. The zero-order valence-corrected chi connectivity index (χ0v) is 17.5. The predicted octanol–water partition coefficient (Wildman–Crippen LogP) is 4.84. The standard InChI is InChI=1S/C21H18F3N3O5/c1-5-14(20(28)30-4)17-18(29-3)25-11(2)26-19(17)31-13-8-6-7-12(9-13)15-10-16(27-32-15)21(22,23)24/h5-10H,1-4H3. The van der Waals surface area contributed by atoms with Crippen molar-refractivity contribution >= 4 is 11.5 Å². The summed E-state index contributed by atoms with van der Waals surface area (Å²) in [5.41, 5.74) is -0.575. The Morgan fingerprint density at radius 3 is 2.44 bits per heavy atom. The van der Waals surface area contributed by atoms with Crippen molar-refractivity contribution in [1.82, 2.24) is 15.1 Å². The number of rotatable bonds is 6. The van der Waals surface area contributed by atoms with Gasteiger partial charge in [0.2, 0.25) is 11.8 Å². The molecule has 0 aliphatic rings. The lowest BCUT2D eigenvalue weighted by molar-refractivity contribution is -0.142. The molecule has 0 aliphatic carbocycles. The second kappa shape index (κ2) is 9.08. The van der Waals surface area contributed by atoms with Crippen molar-refractivity contribution in [3.8, 4) is 28.8 Å². The maximum atomic E-state index is 12.8. The summed E-state index contributed by atoms with van der Waals surface area (Å²) in [7, 11) is 2.60. The number of halogens is 3. The fourth-order valence-electron chi connectivity index (χ4n) is 2.82. The third kappa shape index (κ3) is 4.71. The average Bonchev–Trinajstić information content (AvgIpc) is 3.26. The largest absolute Gasteiger partial charge is 0.480 e. The van der Waals surface area contributed by atoms with E-state index in [1.807, 2.05) is 0 Å². The van der Waals surface area contributed by atoms with Crippen LogP contribution in [-0.2, 0) is 15.7 Å². The number of carbonyl (C=O) groups is 1. The summed E-state index contributed by atoms with van der Waals surface area (Å²) in [6, 6.07) is 6.89. The summed E-state index contributed by atoms with van der Waals surface area (Å²) >= 11 is 0. The molecular weight excluding hydrogens is 431 g/mol. The van der Waals surface area contributed by atoms with Gasteiger partial charge in [-0.3, -0.25) is 0 Å². The van der Waals surface area contributed by atoms with Gasteiger partial charge in [0.1, 0.15) is 17.1 Å². The quantitative estimate of drug-likeness (QED) is 0.390. The Labute approximate surface area is 180 Å². The summed E-state index contributed by atoms with van der Waals surface area (Å²) in [4.78, 5) is 20.7. The number of ether oxygens (including phenoxy) is 3. The molecule has 168 valence electrons. The first-order valence-corrected chi connectivity index (χ1v) is 9.17. The minimum Gasteiger partial charge on any atom is -0.480 e. The predicted molar refractivity (Wildman–Crippen MR) is 106 cm³/mol. The van der Waals surface area contributed by atoms with Crippen LogP contribution in [0.1, 0.15) is 24.0 Å². The number of aryl methyl sites for hydroxylation is 1. The lowest BCUT2D eigenvalue weighted by Gasteiger charge is -2.15. The molecule has 0 bridgehead atoms. The molecule has 0 amide bonds. The number of nitrogens with zero attached hydrogens (tertiary/aromatic N) is 3. The van der Waals surface area contributed by atoms with Gasteiger partial charge >= 0.3 is 12.1 Å². The van der Waals surface area contributed by atoms with Gasteiger partial charge in [-0.05, 0) is 26.0 Å². The summed E-state index contributed by atoms with van der Waals surface area (Å²) in [6.07, 6.45) is -3.13. The van der Waals surface area contributed by atoms with E-state index in [1.54, 1.807) is 26.0 Å². The average molecular weight is 449 g/mol. The fraction of sp³-hybridized carbons (Fsp3) is 0.238. The van der Waals surface area contributed by atoms with Crippen LogP contribution in [0.25, 0.3) is 16.9 Å². The van der Waals surface area contributed by atoms with E-state index in [2.05, 4.69) is 15.1 Å². The Hall–Kier alpha value is -3.89. The summed E-state index contributed by atoms with van der Waals surface area (Å²) in [6.45, 7) is 3.23. The number of hydrogen-bond donors (Lipinski definition) is 0. The van der Waals surface area contributed by atoms with Gasteiger partial charge in [-0.2, -0.15) is 23.1 Å². The highest BCUT2D eigenvalue weighted by atomic mass is 19.4. The topological polar surface area (TPSA) is 96.6 Å². The van der Waals surface area contributed by atoms with E-state index in [0.29, 0.717) is 11.4 Å². The van der Waals surface area contributed by atoms with Crippen LogP contribution < -0.4 is 9.47 Å². The van der Waals surface area contributed by atoms with E-state index in [-0.39, 0.29) is 34.4 Å². The van der Waals surface area contributed by atoms with Crippen LogP contribution in [0.3, 0.4) is 0 Å². The molecule has 0 saturated heterocycles. The highest BCUT2D eigenvalue weighted by Crippen LogP contribution is 2.37. The molecule has 11 heteroatoms. The lowest BCUT2D eigenvalue weighted by atomic mass is 10.1. The highest BCUT2D eigenvalue weighted by Gasteiger charge is 2.35. The maximum Gasteiger partial charge on any atom is 0.436 e.